The molecule has 3 heteroatoms. The smallest absolute Gasteiger partial charge is 0.410 e. The van der Waals surface area contributed by atoms with Crippen LogP contribution in [-0.2, 0) is 11.2 Å². The molecule has 1 aliphatic carbocycles. The van der Waals surface area contributed by atoms with Gasteiger partial charge < -0.3 is 9.64 Å². The molecule has 1 heterocycles. The highest BCUT2D eigenvalue weighted by molar-refractivity contribution is 5.70. The molecule has 0 N–H and O–H groups in total. The molecule has 1 aromatic rings. The van der Waals surface area contributed by atoms with Gasteiger partial charge in [-0.15, -0.1) is 0 Å². The number of unbranched alkanes of at least 4 members (excludes halogenated alkanes) is 1. The van der Waals surface area contributed by atoms with Crippen molar-refractivity contribution in [2.75, 3.05) is 13.2 Å². The molecule has 140 valence electrons. The van der Waals surface area contributed by atoms with Crippen LogP contribution in [-0.4, -0.2) is 30.2 Å². The zero-order chi connectivity index (χ0) is 18.2. The van der Waals surface area contributed by atoms with Crippen LogP contribution < -0.4 is 0 Å². The van der Waals surface area contributed by atoms with Crippen molar-refractivity contribution in [1.82, 2.24) is 4.90 Å². The summed E-state index contributed by atoms with van der Waals surface area (Å²) in [5.74, 6) is 7.57. The van der Waals surface area contributed by atoms with E-state index < -0.39 is 0 Å². The van der Waals surface area contributed by atoms with Crippen LogP contribution in [0, 0.1) is 17.8 Å². The maximum Gasteiger partial charge on any atom is 0.410 e. The topological polar surface area (TPSA) is 29.5 Å². The molecule has 0 radical (unpaired) electrons. The average Bonchev–Trinajstić information content (AvgIpc) is 2.99. The van der Waals surface area contributed by atoms with Crippen molar-refractivity contribution in [3.05, 3.63) is 35.4 Å². The minimum absolute atomic E-state index is 0.182. The van der Waals surface area contributed by atoms with Gasteiger partial charge in [0.25, 0.3) is 0 Å². The van der Waals surface area contributed by atoms with Gasteiger partial charge >= 0.3 is 6.09 Å². The van der Waals surface area contributed by atoms with E-state index in [0.29, 0.717) is 13.2 Å². The third-order valence-electron chi connectivity index (χ3n) is 5.68. The monoisotopic (exact) mass is 353 g/mol. The standard InChI is InChI=1S/C23H31NO2/c1-19-18-26-23(25)24(19)17-16-22-14-12-21(13-15-22)11-7-3-6-10-20-8-4-2-5-9-20/h12-15,19-20H,2-6,8-10,16-18H2,1H3/t19-/m1/s1. The van der Waals surface area contributed by atoms with Gasteiger partial charge in [-0.3, -0.25) is 0 Å². The molecule has 1 aromatic carbocycles. The predicted molar refractivity (Wildman–Crippen MR) is 105 cm³/mol. The molecule has 2 fully saturated rings. The summed E-state index contributed by atoms with van der Waals surface area (Å²) in [6.45, 7) is 3.25. The zero-order valence-corrected chi connectivity index (χ0v) is 16.0. The van der Waals surface area contributed by atoms with E-state index in [-0.39, 0.29) is 12.1 Å². The Morgan fingerprint density at radius 2 is 1.92 bits per heavy atom. The SMILES string of the molecule is C[C@@H]1COC(=O)N1CCc1ccc(C#CCCCC2CCCCC2)cc1. The molecule has 1 saturated carbocycles. The van der Waals surface area contributed by atoms with Crippen LogP contribution in [0.15, 0.2) is 24.3 Å². The van der Waals surface area contributed by atoms with E-state index in [9.17, 15) is 4.79 Å². The first-order chi connectivity index (χ1) is 12.7. The summed E-state index contributed by atoms with van der Waals surface area (Å²) < 4.78 is 5.06. The zero-order valence-electron chi connectivity index (χ0n) is 16.0. The van der Waals surface area contributed by atoms with E-state index in [1.54, 1.807) is 4.90 Å². The fraction of sp³-hybridized carbons (Fsp3) is 0.609. The molecule has 0 bridgehead atoms. The average molecular weight is 354 g/mol. The van der Waals surface area contributed by atoms with Gasteiger partial charge in [-0.2, -0.15) is 0 Å². The number of hydrogen-bond donors (Lipinski definition) is 0. The molecular weight excluding hydrogens is 322 g/mol. The number of hydrogen-bond acceptors (Lipinski definition) is 2. The van der Waals surface area contributed by atoms with Crippen molar-refractivity contribution in [2.45, 2.75) is 70.8 Å². The molecule has 0 aromatic heterocycles. The number of benzene rings is 1. The minimum atomic E-state index is -0.187. The van der Waals surface area contributed by atoms with Gasteiger partial charge in [0, 0.05) is 18.5 Å². The fourth-order valence-corrected chi connectivity index (χ4v) is 3.98. The van der Waals surface area contributed by atoms with Gasteiger partial charge in [0.15, 0.2) is 0 Å². The van der Waals surface area contributed by atoms with Crippen molar-refractivity contribution in [1.29, 1.82) is 0 Å². The second-order valence-electron chi connectivity index (χ2n) is 7.76. The van der Waals surface area contributed by atoms with Gasteiger partial charge in [-0.25, -0.2) is 4.79 Å². The lowest BCUT2D eigenvalue weighted by Gasteiger charge is -2.20. The molecule has 1 aliphatic heterocycles. The number of carbonyl (C=O) groups is 1. The van der Waals surface area contributed by atoms with Crippen molar-refractivity contribution < 1.29 is 9.53 Å². The van der Waals surface area contributed by atoms with E-state index in [1.807, 2.05) is 6.92 Å². The minimum Gasteiger partial charge on any atom is -0.447 e. The Morgan fingerprint density at radius 3 is 2.62 bits per heavy atom. The van der Waals surface area contributed by atoms with Crippen LogP contribution in [0.4, 0.5) is 4.79 Å². The van der Waals surface area contributed by atoms with Gasteiger partial charge in [0.1, 0.15) is 6.61 Å². The van der Waals surface area contributed by atoms with Crippen LogP contribution in [0.5, 0.6) is 0 Å². The Labute approximate surface area is 158 Å². The fourth-order valence-electron chi connectivity index (χ4n) is 3.98. The summed E-state index contributed by atoms with van der Waals surface area (Å²) in [6, 6.07) is 8.61. The molecule has 26 heavy (non-hydrogen) atoms. The van der Waals surface area contributed by atoms with Gasteiger partial charge in [-0.05, 0) is 49.8 Å². The van der Waals surface area contributed by atoms with Crippen molar-refractivity contribution in [2.24, 2.45) is 5.92 Å². The van der Waals surface area contributed by atoms with Crippen LogP contribution in [0.2, 0.25) is 0 Å². The molecule has 1 amide bonds. The highest BCUT2D eigenvalue weighted by atomic mass is 16.6. The largest absolute Gasteiger partial charge is 0.447 e. The molecule has 0 unspecified atom stereocenters. The highest BCUT2D eigenvalue weighted by Gasteiger charge is 2.28. The van der Waals surface area contributed by atoms with E-state index >= 15 is 0 Å². The first-order valence-electron chi connectivity index (χ1n) is 10.2. The molecule has 1 saturated heterocycles. The Morgan fingerprint density at radius 1 is 1.15 bits per heavy atom. The Kier molecular flexibility index (Phi) is 7.00. The highest BCUT2D eigenvalue weighted by Crippen LogP contribution is 2.27. The number of cyclic esters (lactones) is 1. The van der Waals surface area contributed by atoms with E-state index in [0.717, 1.165) is 24.3 Å². The molecule has 2 aliphatic rings. The maximum atomic E-state index is 11.6. The molecule has 3 rings (SSSR count). The lowest BCUT2D eigenvalue weighted by atomic mass is 9.86. The number of ether oxygens (including phenoxy) is 1. The molecule has 0 spiro atoms. The second kappa shape index (κ2) is 9.67. The molecule has 1 atom stereocenters. The Hall–Kier alpha value is -1.95. The van der Waals surface area contributed by atoms with Crippen molar-refractivity contribution in [3.63, 3.8) is 0 Å². The van der Waals surface area contributed by atoms with E-state index in [1.165, 1.54) is 50.5 Å². The molecule has 3 nitrogen and oxygen atoms in total. The number of rotatable bonds is 6. The number of nitrogens with zero attached hydrogens (tertiary/aromatic N) is 1. The van der Waals surface area contributed by atoms with Crippen LogP contribution in [0.25, 0.3) is 0 Å². The maximum absolute atomic E-state index is 11.6. The van der Waals surface area contributed by atoms with Crippen molar-refractivity contribution in [3.8, 4) is 11.8 Å². The Bertz CT molecular complexity index is 634. The number of amides is 1. The summed E-state index contributed by atoms with van der Waals surface area (Å²) in [5.41, 5.74) is 2.32. The lowest BCUT2D eigenvalue weighted by Crippen LogP contribution is -2.33. The van der Waals surface area contributed by atoms with E-state index in [4.69, 9.17) is 4.74 Å². The molecular formula is C23H31NO2. The predicted octanol–water partition coefficient (Wildman–Crippen LogP) is 5.17. The third-order valence-corrected chi connectivity index (χ3v) is 5.68. The summed E-state index contributed by atoms with van der Waals surface area (Å²) in [5, 5.41) is 0. The van der Waals surface area contributed by atoms with Crippen LogP contribution in [0.1, 0.15) is 69.4 Å². The summed E-state index contributed by atoms with van der Waals surface area (Å²) in [6.07, 6.45) is 11.4. The van der Waals surface area contributed by atoms with Crippen LogP contribution >= 0.6 is 0 Å². The first-order valence-corrected chi connectivity index (χ1v) is 10.2. The summed E-state index contributed by atoms with van der Waals surface area (Å²) in [7, 11) is 0. The summed E-state index contributed by atoms with van der Waals surface area (Å²) in [4.78, 5) is 13.4. The van der Waals surface area contributed by atoms with E-state index in [2.05, 4.69) is 36.1 Å². The van der Waals surface area contributed by atoms with Crippen LogP contribution in [0.3, 0.4) is 0 Å². The normalized spacial score (nSPS) is 20.6. The lowest BCUT2D eigenvalue weighted by molar-refractivity contribution is 0.158. The first kappa shape index (κ1) is 18.8. The number of carbonyl (C=O) groups excluding carboxylic acids is 1. The summed E-state index contributed by atoms with van der Waals surface area (Å²) >= 11 is 0. The third kappa shape index (κ3) is 5.53. The second-order valence-corrected chi connectivity index (χ2v) is 7.76. The quantitative estimate of drug-likeness (QED) is 0.521. The van der Waals surface area contributed by atoms with Crippen molar-refractivity contribution >= 4 is 6.09 Å². The van der Waals surface area contributed by atoms with Gasteiger partial charge in [-0.1, -0.05) is 56.1 Å². The van der Waals surface area contributed by atoms with Gasteiger partial charge in [0.2, 0.25) is 0 Å². The Balaban J connectivity index is 1.38. The van der Waals surface area contributed by atoms with Gasteiger partial charge in [0.05, 0.1) is 6.04 Å².